The summed E-state index contributed by atoms with van der Waals surface area (Å²) in [4.78, 5) is 23.1. The van der Waals surface area contributed by atoms with Crippen molar-refractivity contribution in [2.75, 3.05) is 6.61 Å². The minimum atomic E-state index is -0.903. The van der Waals surface area contributed by atoms with Crippen LogP contribution in [0.1, 0.15) is 13.8 Å². The maximum atomic E-state index is 12.1. The zero-order chi connectivity index (χ0) is 21.7. The summed E-state index contributed by atoms with van der Waals surface area (Å²) in [6.07, 6.45) is 0. The number of benzene rings is 2. The van der Waals surface area contributed by atoms with Crippen molar-refractivity contribution in [1.29, 1.82) is 0 Å². The van der Waals surface area contributed by atoms with Gasteiger partial charge < -0.3 is 10.5 Å². The predicted octanol–water partition coefficient (Wildman–Crippen LogP) is 3.66. The zero-order valence-electron chi connectivity index (χ0n) is 16.3. The Morgan fingerprint density at radius 1 is 1.23 bits per heavy atom. The van der Waals surface area contributed by atoms with E-state index in [1.54, 1.807) is 19.1 Å². The number of aromatic nitrogens is 3. The summed E-state index contributed by atoms with van der Waals surface area (Å²) in [5, 5.41) is 11.1. The molecule has 3 aromatic rings. The van der Waals surface area contributed by atoms with Gasteiger partial charge in [0.25, 0.3) is 0 Å². The molecule has 156 valence electrons. The Balaban J connectivity index is 2.02. The first kappa shape index (κ1) is 21.7. The number of carbonyl (C=O) groups is 2. The molecule has 3 rings (SSSR count). The van der Waals surface area contributed by atoms with Gasteiger partial charge in [-0.1, -0.05) is 35.5 Å². The minimum Gasteiger partial charge on any atom is -0.494 e. The first-order valence-corrected chi connectivity index (χ1v) is 10.4. The summed E-state index contributed by atoms with van der Waals surface area (Å²) in [5.74, 6) is 0.784. The van der Waals surface area contributed by atoms with Gasteiger partial charge in [-0.2, -0.15) is 0 Å². The third-order valence-electron chi connectivity index (χ3n) is 4.02. The van der Waals surface area contributed by atoms with Crippen LogP contribution < -0.4 is 15.8 Å². The van der Waals surface area contributed by atoms with E-state index in [0.29, 0.717) is 22.6 Å². The van der Waals surface area contributed by atoms with Gasteiger partial charge in [0.15, 0.2) is 11.0 Å². The average molecular weight is 446 g/mol. The number of thioether (sulfide) groups is 1. The molecule has 0 fully saturated rings. The van der Waals surface area contributed by atoms with Gasteiger partial charge >= 0.3 is 6.03 Å². The molecule has 0 spiro atoms. The number of amides is 3. The van der Waals surface area contributed by atoms with E-state index in [1.807, 2.05) is 47.9 Å². The molecule has 0 aliphatic heterocycles. The van der Waals surface area contributed by atoms with Crippen LogP contribution in [0.25, 0.3) is 17.1 Å². The van der Waals surface area contributed by atoms with Gasteiger partial charge in [0, 0.05) is 16.3 Å². The Kier molecular flexibility index (Phi) is 6.96. The molecule has 0 bridgehead atoms. The molecule has 1 heterocycles. The van der Waals surface area contributed by atoms with Crippen LogP contribution in [0.4, 0.5) is 4.79 Å². The van der Waals surface area contributed by atoms with Gasteiger partial charge in [-0.25, -0.2) is 4.79 Å². The summed E-state index contributed by atoms with van der Waals surface area (Å²) in [6, 6.07) is 13.8. The lowest BCUT2D eigenvalue weighted by Crippen LogP contribution is -2.39. The molecule has 0 radical (unpaired) electrons. The van der Waals surface area contributed by atoms with E-state index in [1.165, 1.54) is 0 Å². The largest absolute Gasteiger partial charge is 0.494 e. The van der Waals surface area contributed by atoms with E-state index in [9.17, 15) is 9.59 Å². The highest BCUT2D eigenvalue weighted by Gasteiger charge is 2.22. The molecule has 10 heteroatoms. The van der Waals surface area contributed by atoms with Crippen LogP contribution in [0, 0.1) is 0 Å². The number of hydrogen-bond donors (Lipinski definition) is 2. The maximum Gasteiger partial charge on any atom is 0.318 e. The van der Waals surface area contributed by atoms with Crippen molar-refractivity contribution >= 4 is 35.3 Å². The number of primary amides is 1. The van der Waals surface area contributed by atoms with Crippen molar-refractivity contribution in [2.45, 2.75) is 24.3 Å². The molecule has 0 saturated carbocycles. The van der Waals surface area contributed by atoms with Crippen LogP contribution >= 0.6 is 23.4 Å². The quantitative estimate of drug-likeness (QED) is 0.536. The molecule has 2 aromatic carbocycles. The van der Waals surface area contributed by atoms with Gasteiger partial charge in [0.05, 0.1) is 11.9 Å². The Labute approximate surface area is 182 Å². The number of halogens is 1. The summed E-state index contributed by atoms with van der Waals surface area (Å²) in [5.41, 5.74) is 6.59. The van der Waals surface area contributed by atoms with Gasteiger partial charge in [0.1, 0.15) is 5.75 Å². The van der Waals surface area contributed by atoms with Gasteiger partial charge in [-0.05, 0) is 50.2 Å². The lowest BCUT2D eigenvalue weighted by Gasteiger charge is -2.14. The number of urea groups is 1. The van der Waals surface area contributed by atoms with Crippen molar-refractivity contribution in [3.05, 3.63) is 53.6 Å². The molecule has 1 atom stereocenters. The fraction of sp³-hybridized carbons (Fsp3) is 0.200. The SMILES string of the molecule is CCOc1ccc(-n2c(S[C@H](C)C(=O)NC(N)=O)nnc2-c2cccc(Cl)c2)cc1. The number of nitrogens with one attached hydrogen (secondary N) is 1. The van der Waals surface area contributed by atoms with Crippen molar-refractivity contribution in [1.82, 2.24) is 20.1 Å². The Morgan fingerprint density at radius 2 is 1.97 bits per heavy atom. The first-order chi connectivity index (χ1) is 14.4. The topological polar surface area (TPSA) is 112 Å². The second-order valence-corrected chi connectivity index (χ2v) is 7.94. The molecule has 0 aliphatic carbocycles. The Morgan fingerprint density at radius 3 is 2.60 bits per heavy atom. The van der Waals surface area contributed by atoms with Crippen LogP contribution in [0.2, 0.25) is 5.02 Å². The van der Waals surface area contributed by atoms with E-state index in [2.05, 4.69) is 15.5 Å². The fourth-order valence-corrected chi connectivity index (χ4v) is 3.74. The molecular weight excluding hydrogens is 426 g/mol. The van der Waals surface area contributed by atoms with Gasteiger partial charge in [-0.15, -0.1) is 10.2 Å². The maximum absolute atomic E-state index is 12.1. The van der Waals surface area contributed by atoms with Gasteiger partial charge in [0.2, 0.25) is 5.91 Å². The van der Waals surface area contributed by atoms with E-state index in [4.69, 9.17) is 22.1 Å². The van der Waals surface area contributed by atoms with Crippen molar-refractivity contribution in [3.63, 3.8) is 0 Å². The second-order valence-electron chi connectivity index (χ2n) is 6.19. The molecular formula is C20H20ClN5O3S. The number of carbonyl (C=O) groups excluding carboxylic acids is 2. The fourth-order valence-electron chi connectivity index (χ4n) is 2.69. The second kappa shape index (κ2) is 9.64. The monoisotopic (exact) mass is 445 g/mol. The minimum absolute atomic E-state index is 0.473. The highest BCUT2D eigenvalue weighted by molar-refractivity contribution is 8.00. The summed E-state index contributed by atoms with van der Waals surface area (Å²) in [6.45, 7) is 4.13. The number of nitrogens with two attached hydrogens (primary N) is 1. The third kappa shape index (κ3) is 5.11. The molecule has 8 nitrogen and oxygen atoms in total. The van der Waals surface area contributed by atoms with Gasteiger partial charge in [-0.3, -0.25) is 14.7 Å². The molecule has 1 aromatic heterocycles. The normalized spacial score (nSPS) is 11.7. The van der Waals surface area contributed by atoms with Crippen LogP contribution in [0.15, 0.2) is 53.7 Å². The number of nitrogens with zero attached hydrogens (tertiary/aromatic N) is 3. The summed E-state index contributed by atoms with van der Waals surface area (Å²) in [7, 11) is 0. The molecule has 0 aliphatic rings. The van der Waals surface area contributed by atoms with E-state index in [-0.39, 0.29) is 0 Å². The smallest absolute Gasteiger partial charge is 0.318 e. The van der Waals surface area contributed by atoms with Crippen LogP contribution in [0.5, 0.6) is 5.75 Å². The molecule has 0 unspecified atom stereocenters. The zero-order valence-corrected chi connectivity index (χ0v) is 17.9. The summed E-state index contributed by atoms with van der Waals surface area (Å²) >= 11 is 7.31. The molecule has 3 N–H and O–H groups in total. The molecule has 0 saturated heterocycles. The van der Waals surface area contributed by atoms with Crippen molar-refractivity contribution in [3.8, 4) is 22.8 Å². The van der Waals surface area contributed by atoms with Crippen LogP contribution in [-0.2, 0) is 4.79 Å². The highest BCUT2D eigenvalue weighted by Crippen LogP contribution is 2.31. The highest BCUT2D eigenvalue weighted by atomic mass is 35.5. The number of imide groups is 1. The number of hydrogen-bond acceptors (Lipinski definition) is 6. The van der Waals surface area contributed by atoms with Crippen LogP contribution in [0.3, 0.4) is 0 Å². The predicted molar refractivity (Wildman–Crippen MR) is 116 cm³/mol. The average Bonchev–Trinajstić information content (AvgIpc) is 3.12. The van der Waals surface area contributed by atoms with Crippen molar-refractivity contribution in [2.24, 2.45) is 5.73 Å². The van der Waals surface area contributed by atoms with Crippen LogP contribution in [-0.4, -0.2) is 38.6 Å². The lowest BCUT2D eigenvalue weighted by atomic mass is 10.2. The Bertz CT molecular complexity index is 1050. The summed E-state index contributed by atoms with van der Waals surface area (Å²) < 4.78 is 7.33. The van der Waals surface area contributed by atoms with E-state index < -0.39 is 17.2 Å². The standard InChI is InChI=1S/C20H20ClN5O3S/c1-3-29-16-9-7-15(8-10-16)26-17(13-5-4-6-14(21)11-13)24-25-20(26)30-12(2)18(27)23-19(22)28/h4-12H,3H2,1-2H3,(H3,22,23,27,28)/t12-/m1/s1. The lowest BCUT2D eigenvalue weighted by molar-refractivity contribution is -0.119. The number of ether oxygens (including phenoxy) is 1. The van der Waals surface area contributed by atoms with E-state index >= 15 is 0 Å². The molecule has 30 heavy (non-hydrogen) atoms. The van der Waals surface area contributed by atoms with Crippen molar-refractivity contribution < 1.29 is 14.3 Å². The third-order valence-corrected chi connectivity index (χ3v) is 5.30. The molecule has 3 amide bonds. The Hall–Kier alpha value is -3.04. The number of rotatable bonds is 7. The van der Waals surface area contributed by atoms with E-state index in [0.717, 1.165) is 28.8 Å². The first-order valence-electron chi connectivity index (χ1n) is 9.10.